The molecule has 0 spiro atoms. The number of alkyl halides is 3. The summed E-state index contributed by atoms with van der Waals surface area (Å²) < 4.78 is 39.2. The topological polar surface area (TPSA) is 12.0 Å². The summed E-state index contributed by atoms with van der Waals surface area (Å²) in [4.78, 5) is 0. The maximum Gasteiger partial charge on any atom is 0.416 e. The minimum Gasteiger partial charge on any atom is -0.310 e. The summed E-state index contributed by atoms with van der Waals surface area (Å²) in [5.41, 5.74) is 0.0877. The van der Waals surface area contributed by atoms with Crippen LogP contribution in [0.4, 0.5) is 13.2 Å². The van der Waals surface area contributed by atoms with Crippen molar-refractivity contribution in [2.24, 2.45) is 5.92 Å². The summed E-state index contributed by atoms with van der Waals surface area (Å²) in [5, 5.41) is 3.34. The van der Waals surface area contributed by atoms with Gasteiger partial charge < -0.3 is 5.32 Å². The number of hydrogen-bond acceptors (Lipinski definition) is 1. The van der Waals surface area contributed by atoms with Gasteiger partial charge in [0.1, 0.15) is 0 Å². The Hall–Kier alpha value is -0.550. The fourth-order valence-corrected chi connectivity index (χ4v) is 2.62. The first kappa shape index (κ1) is 17.5. The molecule has 0 saturated carbocycles. The molecule has 0 aliphatic heterocycles. The van der Waals surface area contributed by atoms with Gasteiger partial charge in [0.05, 0.1) is 5.56 Å². The lowest BCUT2D eigenvalue weighted by molar-refractivity contribution is -0.137. The summed E-state index contributed by atoms with van der Waals surface area (Å²) in [6.45, 7) is 6.98. The molecule has 1 aromatic carbocycles. The quantitative estimate of drug-likeness (QED) is 0.707. The summed E-state index contributed by atoms with van der Waals surface area (Å²) in [6.07, 6.45) is -2.55. The molecule has 1 atom stereocenters. The third-order valence-corrected chi connectivity index (χ3v) is 3.77. The first-order chi connectivity index (χ1) is 9.25. The Morgan fingerprint density at radius 1 is 1.25 bits per heavy atom. The number of rotatable bonds is 6. The lowest BCUT2D eigenvalue weighted by atomic mass is 9.95. The van der Waals surface area contributed by atoms with Crippen molar-refractivity contribution in [3.8, 4) is 0 Å². The normalized spacial score (nSPS) is 13.8. The van der Waals surface area contributed by atoms with Gasteiger partial charge in [0, 0.05) is 10.5 Å². The van der Waals surface area contributed by atoms with Gasteiger partial charge in [-0.25, -0.2) is 0 Å². The first-order valence-electron chi connectivity index (χ1n) is 6.85. The predicted octanol–water partition coefficient (Wildman–Crippen LogP) is 5.55. The maximum absolute atomic E-state index is 12.8. The zero-order chi connectivity index (χ0) is 15.3. The third kappa shape index (κ3) is 5.09. The fourth-order valence-electron chi connectivity index (χ4n) is 2.10. The van der Waals surface area contributed by atoms with Crippen molar-refractivity contribution in [1.82, 2.24) is 5.32 Å². The van der Waals surface area contributed by atoms with E-state index in [-0.39, 0.29) is 6.04 Å². The molecule has 0 fully saturated rings. The van der Waals surface area contributed by atoms with Crippen LogP contribution in [0.25, 0.3) is 0 Å². The van der Waals surface area contributed by atoms with Crippen molar-refractivity contribution >= 4 is 15.9 Å². The van der Waals surface area contributed by atoms with Crippen molar-refractivity contribution in [2.45, 2.75) is 45.8 Å². The molecule has 1 aromatic rings. The minimum atomic E-state index is -4.30. The van der Waals surface area contributed by atoms with Crippen LogP contribution in [0.2, 0.25) is 0 Å². The Labute approximate surface area is 127 Å². The van der Waals surface area contributed by atoms with Crippen LogP contribution in [0.15, 0.2) is 22.7 Å². The Bertz CT molecular complexity index is 430. The fraction of sp³-hybridized carbons (Fsp3) is 0.600. The molecule has 0 bridgehead atoms. The number of benzene rings is 1. The molecular weight excluding hydrogens is 331 g/mol. The molecule has 0 aliphatic rings. The van der Waals surface area contributed by atoms with E-state index in [1.807, 2.05) is 6.92 Å². The van der Waals surface area contributed by atoms with E-state index >= 15 is 0 Å². The van der Waals surface area contributed by atoms with Crippen molar-refractivity contribution in [3.63, 3.8) is 0 Å². The lowest BCUT2D eigenvalue weighted by Crippen LogP contribution is -2.24. The van der Waals surface area contributed by atoms with Crippen LogP contribution < -0.4 is 5.32 Å². The molecule has 0 saturated heterocycles. The summed E-state index contributed by atoms with van der Waals surface area (Å²) in [7, 11) is 0. The highest BCUT2D eigenvalue weighted by molar-refractivity contribution is 9.10. The van der Waals surface area contributed by atoms with Gasteiger partial charge in [0.15, 0.2) is 0 Å². The number of halogens is 4. The van der Waals surface area contributed by atoms with Crippen LogP contribution in [-0.4, -0.2) is 6.54 Å². The standard InChI is InChI=1S/C15H21BrF3N/c1-4-7-20-14(8-10(2)3)12-9-11(15(17,18)19)5-6-13(12)16/h5-6,9-10,14,20H,4,7-8H2,1-3H3. The van der Waals surface area contributed by atoms with E-state index in [2.05, 4.69) is 35.1 Å². The largest absolute Gasteiger partial charge is 0.416 e. The highest BCUT2D eigenvalue weighted by Gasteiger charge is 2.31. The number of hydrogen-bond donors (Lipinski definition) is 1. The molecule has 0 radical (unpaired) electrons. The summed E-state index contributed by atoms with van der Waals surface area (Å²) in [5.74, 6) is 0.408. The van der Waals surface area contributed by atoms with Crippen molar-refractivity contribution in [2.75, 3.05) is 6.54 Å². The Morgan fingerprint density at radius 2 is 1.90 bits per heavy atom. The molecule has 0 aliphatic carbocycles. The second kappa shape index (κ2) is 7.46. The van der Waals surface area contributed by atoms with Crippen LogP contribution in [-0.2, 0) is 6.18 Å². The van der Waals surface area contributed by atoms with Crippen LogP contribution in [0.3, 0.4) is 0 Å². The van der Waals surface area contributed by atoms with Crippen LogP contribution in [0.1, 0.15) is 50.8 Å². The first-order valence-corrected chi connectivity index (χ1v) is 7.65. The molecule has 0 amide bonds. The molecule has 0 heterocycles. The molecule has 1 nitrogen and oxygen atoms in total. The Kier molecular flexibility index (Phi) is 6.52. The van der Waals surface area contributed by atoms with Gasteiger partial charge in [0.2, 0.25) is 0 Å². The van der Waals surface area contributed by atoms with Gasteiger partial charge in [-0.15, -0.1) is 0 Å². The van der Waals surface area contributed by atoms with Gasteiger partial charge in [0.25, 0.3) is 0 Å². The molecule has 1 rings (SSSR count). The van der Waals surface area contributed by atoms with Crippen LogP contribution >= 0.6 is 15.9 Å². The van der Waals surface area contributed by atoms with Gasteiger partial charge in [-0.2, -0.15) is 13.2 Å². The van der Waals surface area contributed by atoms with E-state index < -0.39 is 11.7 Å². The van der Waals surface area contributed by atoms with E-state index in [0.717, 1.165) is 29.9 Å². The molecule has 20 heavy (non-hydrogen) atoms. The van der Waals surface area contributed by atoms with Gasteiger partial charge in [-0.05, 0) is 49.1 Å². The van der Waals surface area contributed by atoms with Crippen LogP contribution in [0, 0.1) is 5.92 Å². The highest BCUT2D eigenvalue weighted by Crippen LogP contribution is 2.35. The van der Waals surface area contributed by atoms with Crippen molar-refractivity contribution in [3.05, 3.63) is 33.8 Å². The molecule has 5 heteroatoms. The third-order valence-electron chi connectivity index (χ3n) is 3.05. The lowest BCUT2D eigenvalue weighted by Gasteiger charge is -2.23. The second-order valence-electron chi connectivity index (χ2n) is 5.37. The van der Waals surface area contributed by atoms with Gasteiger partial charge >= 0.3 is 6.18 Å². The molecule has 1 unspecified atom stereocenters. The molecule has 114 valence electrons. The highest BCUT2D eigenvalue weighted by atomic mass is 79.9. The smallest absolute Gasteiger partial charge is 0.310 e. The van der Waals surface area contributed by atoms with Crippen molar-refractivity contribution < 1.29 is 13.2 Å². The van der Waals surface area contributed by atoms with Gasteiger partial charge in [-0.1, -0.05) is 36.7 Å². The van der Waals surface area contributed by atoms with E-state index in [0.29, 0.717) is 11.5 Å². The molecular formula is C15H21BrF3N. The Morgan fingerprint density at radius 3 is 2.40 bits per heavy atom. The second-order valence-corrected chi connectivity index (χ2v) is 6.22. The number of nitrogens with one attached hydrogen (secondary N) is 1. The Balaban J connectivity index is 3.10. The predicted molar refractivity (Wildman–Crippen MR) is 79.6 cm³/mol. The zero-order valence-electron chi connectivity index (χ0n) is 12.0. The van der Waals surface area contributed by atoms with Gasteiger partial charge in [-0.3, -0.25) is 0 Å². The zero-order valence-corrected chi connectivity index (χ0v) is 13.6. The van der Waals surface area contributed by atoms with Crippen molar-refractivity contribution in [1.29, 1.82) is 0 Å². The molecule has 0 aromatic heterocycles. The molecule has 1 N–H and O–H groups in total. The minimum absolute atomic E-state index is 0.0633. The monoisotopic (exact) mass is 351 g/mol. The summed E-state index contributed by atoms with van der Waals surface area (Å²) in [6, 6.07) is 3.78. The average molecular weight is 352 g/mol. The summed E-state index contributed by atoms with van der Waals surface area (Å²) >= 11 is 3.37. The van der Waals surface area contributed by atoms with E-state index in [9.17, 15) is 13.2 Å². The van der Waals surface area contributed by atoms with E-state index in [1.165, 1.54) is 12.1 Å². The maximum atomic E-state index is 12.8. The van der Waals surface area contributed by atoms with Crippen LogP contribution in [0.5, 0.6) is 0 Å². The van der Waals surface area contributed by atoms with E-state index in [1.54, 1.807) is 0 Å². The average Bonchev–Trinajstić information content (AvgIpc) is 2.33. The van der Waals surface area contributed by atoms with E-state index in [4.69, 9.17) is 0 Å². The SMILES string of the molecule is CCCNC(CC(C)C)c1cc(C(F)(F)F)ccc1Br.